The number of ether oxygens (including phenoxy) is 2. The second kappa shape index (κ2) is 6.48. The molecule has 25 heavy (non-hydrogen) atoms. The summed E-state index contributed by atoms with van der Waals surface area (Å²) >= 11 is 3.42. The third kappa shape index (κ3) is 3.73. The Balaban J connectivity index is 1.90. The Kier molecular flexibility index (Phi) is 4.66. The van der Waals surface area contributed by atoms with Crippen molar-refractivity contribution in [2.45, 2.75) is 51.3 Å². The summed E-state index contributed by atoms with van der Waals surface area (Å²) in [6, 6.07) is 1.02. The summed E-state index contributed by atoms with van der Waals surface area (Å²) in [6.07, 6.45) is 2.84. The molecule has 0 spiro atoms. The Labute approximate surface area is 155 Å². The van der Waals surface area contributed by atoms with Crippen LogP contribution in [0.25, 0.3) is 0 Å². The van der Waals surface area contributed by atoms with Crippen molar-refractivity contribution >= 4 is 33.7 Å². The molecule has 0 unspecified atom stereocenters. The number of halogens is 1. The minimum atomic E-state index is -0.742. The molecule has 1 fully saturated rings. The average molecular weight is 412 g/mol. The number of pyridine rings is 1. The number of aromatic nitrogens is 1. The molecule has 3 rings (SSSR count). The van der Waals surface area contributed by atoms with Gasteiger partial charge in [-0.2, -0.15) is 0 Å². The zero-order valence-electron chi connectivity index (χ0n) is 14.8. The van der Waals surface area contributed by atoms with Crippen molar-refractivity contribution in [3.8, 4) is 5.75 Å². The first-order valence-corrected chi connectivity index (χ1v) is 9.04. The molecule has 2 heterocycles. The number of carbonyl (C=O) groups is 2. The lowest BCUT2D eigenvalue weighted by molar-refractivity contribution is -0.124. The molecule has 0 N–H and O–H groups in total. The number of nitrogens with zero attached hydrogens (tertiary/aromatic N) is 3. The molecular formula is C17H22BrN3O4. The van der Waals surface area contributed by atoms with E-state index in [9.17, 15) is 9.59 Å². The Morgan fingerprint density at radius 1 is 1.44 bits per heavy atom. The van der Waals surface area contributed by atoms with E-state index in [0.29, 0.717) is 16.0 Å². The van der Waals surface area contributed by atoms with Gasteiger partial charge in [0.1, 0.15) is 18.2 Å². The van der Waals surface area contributed by atoms with Crippen molar-refractivity contribution in [3.63, 3.8) is 0 Å². The Hall–Kier alpha value is -1.83. The molecule has 0 aromatic carbocycles. The minimum Gasteiger partial charge on any atom is -0.486 e. The van der Waals surface area contributed by atoms with E-state index in [1.807, 2.05) is 20.8 Å². The Morgan fingerprint density at radius 2 is 2.12 bits per heavy atom. The van der Waals surface area contributed by atoms with Crippen molar-refractivity contribution in [1.82, 2.24) is 9.88 Å². The molecule has 2 amide bonds. The molecule has 8 heteroatoms. The first kappa shape index (κ1) is 18.0. The van der Waals surface area contributed by atoms with Crippen molar-refractivity contribution in [1.29, 1.82) is 0 Å². The first-order chi connectivity index (χ1) is 11.7. The summed E-state index contributed by atoms with van der Waals surface area (Å²) in [5.74, 6) is 0.699. The van der Waals surface area contributed by atoms with Gasteiger partial charge < -0.3 is 9.47 Å². The smallest absolute Gasteiger partial charge is 0.411 e. The SMILES string of the molecule is CN1C(=O)[C@@H](N(C(=O)OC(C)(C)C)C2CC2)COc2c(Br)ccnc21. The predicted molar refractivity (Wildman–Crippen MR) is 95.7 cm³/mol. The Bertz CT molecular complexity index is 700. The quantitative estimate of drug-likeness (QED) is 0.747. The largest absolute Gasteiger partial charge is 0.486 e. The van der Waals surface area contributed by atoms with Gasteiger partial charge in [-0.1, -0.05) is 0 Å². The van der Waals surface area contributed by atoms with Gasteiger partial charge in [0.2, 0.25) is 0 Å². The number of anilines is 1. The van der Waals surface area contributed by atoms with Gasteiger partial charge in [-0.05, 0) is 55.6 Å². The van der Waals surface area contributed by atoms with E-state index in [-0.39, 0.29) is 18.6 Å². The van der Waals surface area contributed by atoms with Crippen LogP contribution in [0.15, 0.2) is 16.7 Å². The number of amides is 2. The molecule has 1 saturated carbocycles. The zero-order chi connectivity index (χ0) is 18.4. The number of rotatable bonds is 2. The molecule has 7 nitrogen and oxygen atoms in total. The monoisotopic (exact) mass is 411 g/mol. The average Bonchev–Trinajstić information content (AvgIpc) is 3.33. The lowest BCUT2D eigenvalue weighted by Gasteiger charge is -2.32. The van der Waals surface area contributed by atoms with E-state index in [1.54, 1.807) is 19.3 Å². The highest BCUT2D eigenvalue weighted by molar-refractivity contribution is 9.10. The van der Waals surface area contributed by atoms with Crippen LogP contribution in [0.1, 0.15) is 33.6 Å². The summed E-state index contributed by atoms with van der Waals surface area (Å²) in [4.78, 5) is 32.9. The van der Waals surface area contributed by atoms with E-state index in [2.05, 4.69) is 20.9 Å². The van der Waals surface area contributed by atoms with E-state index >= 15 is 0 Å². The fraction of sp³-hybridized carbons (Fsp3) is 0.588. The molecule has 0 bridgehead atoms. The lowest BCUT2D eigenvalue weighted by Crippen LogP contribution is -2.54. The van der Waals surface area contributed by atoms with Crippen LogP contribution in [0.2, 0.25) is 0 Å². The van der Waals surface area contributed by atoms with E-state index in [4.69, 9.17) is 9.47 Å². The van der Waals surface area contributed by atoms with Crippen LogP contribution in [-0.4, -0.2) is 53.2 Å². The van der Waals surface area contributed by atoms with Crippen LogP contribution >= 0.6 is 15.9 Å². The van der Waals surface area contributed by atoms with Crippen LogP contribution < -0.4 is 9.64 Å². The highest BCUT2D eigenvalue weighted by Crippen LogP contribution is 2.38. The standard InChI is InChI=1S/C17H22BrN3O4/c1-17(2,3)25-16(23)21(10-5-6-10)12-9-24-13-11(18)7-8-19-14(13)20(4)15(12)22/h7-8,10,12H,5-6,9H2,1-4H3/t12-/m0/s1. The molecule has 1 aromatic heterocycles. The van der Waals surface area contributed by atoms with Crippen molar-refractivity contribution in [3.05, 3.63) is 16.7 Å². The number of likely N-dealkylation sites (N-methyl/N-ethyl adjacent to an activating group) is 1. The zero-order valence-corrected chi connectivity index (χ0v) is 16.4. The molecule has 0 saturated heterocycles. The highest BCUT2D eigenvalue weighted by atomic mass is 79.9. The van der Waals surface area contributed by atoms with E-state index in [0.717, 1.165) is 12.8 Å². The van der Waals surface area contributed by atoms with Crippen LogP contribution in [0.4, 0.5) is 10.6 Å². The van der Waals surface area contributed by atoms with E-state index < -0.39 is 17.7 Å². The van der Waals surface area contributed by atoms with Gasteiger partial charge >= 0.3 is 6.09 Å². The summed E-state index contributed by atoms with van der Waals surface area (Å²) in [7, 11) is 1.64. The molecular weight excluding hydrogens is 390 g/mol. The van der Waals surface area contributed by atoms with Gasteiger partial charge in [-0.3, -0.25) is 14.6 Å². The second-order valence-electron chi connectivity index (χ2n) is 7.29. The maximum absolute atomic E-state index is 13.0. The summed E-state index contributed by atoms with van der Waals surface area (Å²) in [6.45, 7) is 5.50. The van der Waals surface area contributed by atoms with Crippen LogP contribution in [-0.2, 0) is 9.53 Å². The highest BCUT2D eigenvalue weighted by Gasteiger charge is 2.45. The van der Waals surface area contributed by atoms with Crippen molar-refractivity contribution < 1.29 is 19.1 Å². The summed E-state index contributed by atoms with van der Waals surface area (Å²) < 4.78 is 12.1. The molecule has 1 aromatic rings. The van der Waals surface area contributed by atoms with Crippen molar-refractivity contribution in [2.24, 2.45) is 0 Å². The Morgan fingerprint density at radius 3 is 2.72 bits per heavy atom. The van der Waals surface area contributed by atoms with E-state index in [1.165, 1.54) is 9.80 Å². The molecule has 1 aliphatic heterocycles. The maximum atomic E-state index is 13.0. The predicted octanol–water partition coefficient (Wildman–Crippen LogP) is 2.97. The van der Waals surface area contributed by atoms with Gasteiger partial charge in [-0.15, -0.1) is 0 Å². The van der Waals surface area contributed by atoms with Crippen molar-refractivity contribution in [2.75, 3.05) is 18.6 Å². The van der Waals surface area contributed by atoms with Crippen LogP contribution in [0, 0.1) is 0 Å². The molecule has 1 atom stereocenters. The third-order valence-corrected chi connectivity index (χ3v) is 4.66. The number of carbonyl (C=O) groups excluding carboxylic acids is 2. The molecule has 1 aliphatic carbocycles. The summed E-state index contributed by atoms with van der Waals surface area (Å²) in [5.41, 5.74) is -0.627. The molecule has 2 aliphatic rings. The maximum Gasteiger partial charge on any atom is 0.411 e. The number of fused-ring (bicyclic) bond motifs is 1. The van der Waals surface area contributed by atoms with Gasteiger partial charge in [0, 0.05) is 19.3 Å². The van der Waals surface area contributed by atoms with Crippen LogP contribution in [0.3, 0.4) is 0 Å². The fourth-order valence-electron chi connectivity index (χ4n) is 2.75. The molecule has 0 radical (unpaired) electrons. The second-order valence-corrected chi connectivity index (χ2v) is 8.14. The fourth-order valence-corrected chi connectivity index (χ4v) is 3.16. The van der Waals surface area contributed by atoms with Gasteiger partial charge in [0.25, 0.3) is 5.91 Å². The van der Waals surface area contributed by atoms with Gasteiger partial charge in [0.05, 0.1) is 4.47 Å². The topological polar surface area (TPSA) is 72.0 Å². The van der Waals surface area contributed by atoms with Gasteiger partial charge in [0.15, 0.2) is 11.6 Å². The minimum absolute atomic E-state index is 0.0124. The summed E-state index contributed by atoms with van der Waals surface area (Å²) in [5, 5.41) is 0. The normalized spacial score (nSPS) is 20.4. The number of hydrogen-bond donors (Lipinski definition) is 0. The third-order valence-electron chi connectivity index (χ3n) is 4.04. The lowest BCUT2D eigenvalue weighted by atomic mass is 10.2. The van der Waals surface area contributed by atoms with Crippen LogP contribution in [0.5, 0.6) is 5.75 Å². The van der Waals surface area contributed by atoms with Gasteiger partial charge in [-0.25, -0.2) is 9.78 Å². The molecule has 136 valence electrons. The first-order valence-electron chi connectivity index (χ1n) is 8.25. The number of hydrogen-bond acceptors (Lipinski definition) is 5.